The van der Waals surface area contributed by atoms with Crippen molar-refractivity contribution in [2.24, 2.45) is 28.1 Å². The van der Waals surface area contributed by atoms with E-state index in [9.17, 15) is 4.79 Å². The second-order valence-corrected chi connectivity index (χ2v) is 5.35. The van der Waals surface area contributed by atoms with Gasteiger partial charge in [-0.3, -0.25) is 4.79 Å². The summed E-state index contributed by atoms with van der Waals surface area (Å²) in [6.45, 7) is 10.8. The van der Waals surface area contributed by atoms with Crippen LogP contribution in [0.2, 0.25) is 0 Å². The molecular weight excluding hydrogens is 218 g/mol. The number of amidine groups is 1. The van der Waals surface area contributed by atoms with Gasteiger partial charge in [-0.1, -0.05) is 39.8 Å². The van der Waals surface area contributed by atoms with Gasteiger partial charge in [-0.2, -0.15) is 0 Å². The normalized spacial score (nSPS) is 14.8. The molecule has 0 fully saturated rings. The lowest BCUT2D eigenvalue weighted by atomic mass is 9.81. The molecule has 5 nitrogen and oxygen atoms in total. The Labute approximate surface area is 103 Å². The Kier molecular flexibility index (Phi) is 5.99. The van der Waals surface area contributed by atoms with Crippen LogP contribution in [-0.4, -0.2) is 23.5 Å². The fourth-order valence-electron chi connectivity index (χ4n) is 1.24. The van der Waals surface area contributed by atoms with Gasteiger partial charge >= 0.3 is 0 Å². The summed E-state index contributed by atoms with van der Waals surface area (Å²) in [6.07, 6.45) is 0.518. The Hall–Kier alpha value is -1.26. The number of hydrogen-bond acceptors (Lipinski definition) is 3. The second-order valence-electron chi connectivity index (χ2n) is 5.35. The Bertz CT molecular complexity index is 285. The molecule has 0 aliphatic heterocycles. The molecule has 0 aromatic rings. The van der Waals surface area contributed by atoms with Crippen LogP contribution in [0.5, 0.6) is 0 Å². The van der Waals surface area contributed by atoms with E-state index in [1.54, 1.807) is 0 Å². The maximum absolute atomic E-state index is 11.9. The number of nitrogens with one attached hydrogen (secondary N) is 1. The molecule has 5 heteroatoms. The number of amides is 1. The van der Waals surface area contributed by atoms with Crippen molar-refractivity contribution >= 4 is 11.7 Å². The zero-order chi connectivity index (χ0) is 13.6. The third kappa shape index (κ3) is 4.63. The van der Waals surface area contributed by atoms with Gasteiger partial charge in [0, 0.05) is 6.54 Å². The minimum atomic E-state index is -0.553. The first-order chi connectivity index (χ1) is 7.76. The van der Waals surface area contributed by atoms with Crippen molar-refractivity contribution in [1.82, 2.24) is 5.32 Å². The topological polar surface area (TPSA) is 87.7 Å². The molecule has 0 aromatic heterocycles. The number of oxime groups is 1. The van der Waals surface area contributed by atoms with Gasteiger partial charge in [0.2, 0.25) is 5.91 Å². The van der Waals surface area contributed by atoms with Gasteiger partial charge in [-0.25, -0.2) is 0 Å². The summed E-state index contributed by atoms with van der Waals surface area (Å²) in [5, 5.41) is 14.3. The second kappa shape index (κ2) is 6.47. The smallest absolute Gasteiger partial charge is 0.230 e. The van der Waals surface area contributed by atoms with Crippen molar-refractivity contribution in [1.29, 1.82) is 0 Å². The number of carbonyl (C=O) groups is 1. The summed E-state index contributed by atoms with van der Waals surface area (Å²) in [6, 6.07) is 0. The van der Waals surface area contributed by atoms with Gasteiger partial charge in [-0.15, -0.1) is 0 Å². The van der Waals surface area contributed by atoms with Gasteiger partial charge in [0.25, 0.3) is 0 Å². The van der Waals surface area contributed by atoms with Gasteiger partial charge in [0.1, 0.15) is 0 Å². The molecule has 0 rings (SSSR count). The van der Waals surface area contributed by atoms with E-state index in [1.807, 2.05) is 6.92 Å². The first-order valence-corrected chi connectivity index (χ1v) is 6.01. The van der Waals surface area contributed by atoms with E-state index in [-0.39, 0.29) is 17.2 Å². The number of hydrogen-bond donors (Lipinski definition) is 3. The zero-order valence-corrected chi connectivity index (χ0v) is 11.4. The molecule has 0 heterocycles. The third-order valence-electron chi connectivity index (χ3n) is 3.48. The van der Waals surface area contributed by atoms with Crippen LogP contribution >= 0.6 is 0 Å². The number of nitrogens with zero attached hydrogens (tertiary/aromatic N) is 1. The highest BCUT2D eigenvalue weighted by atomic mass is 16.4. The van der Waals surface area contributed by atoms with Gasteiger partial charge in [0.05, 0.1) is 5.92 Å². The van der Waals surface area contributed by atoms with Gasteiger partial charge < -0.3 is 16.3 Å². The summed E-state index contributed by atoms with van der Waals surface area (Å²) < 4.78 is 0. The predicted molar refractivity (Wildman–Crippen MR) is 68.8 cm³/mol. The molecule has 0 bridgehead atoms. The van der Waals surface area contributed by atoms with E-state index >= 15 is 0 Å². The van der Waals surface area contributed by atoms with Gasteiger partial charge in [-0.05, 0) is 17.8 Å². The average Bonchev–Trinajstić information content (AvgIpc) is 2.26. The maximum Gasteiger partial charge on any atom is 0.230 e. The van der Waals surface area contributed by atoms with E-state index in [4.69, 9.17) is 10.9 Å². The Morgan fingerprint density at radius 1 is 1.47 bits per heavy atom. The van der Waals surface area contributed by atoms with Crippen LogP contribution in [0.4, 0.5) is 0 Å². The Morgan fingerprint density at radius 2 is 2.00 bits per heavy atom. The average molecular weight is 243 g/mol. The number of carbonyl (C=O) groups excluding carboxylic acids is 1. The van der Waals surface area contributed by atoms with Crippen LogP contribution in [0.3, 0.4) is 0 Å². The van der Waals surface area contributed by atoms with Crippen LogP contribution in [0.1, 0.15) is 41.0 Å². The highest BCUT2D eigenvalue weighted by molar-refractivity contribution is 6.01. The van der Waals surface area contributed by atoms with Crippen LogP contribution in [0.25, 0.3) is 0 Å². The van der Waals surface area contributed by atoms with E-state index in [0.717, 1.165) is 0 Å². The molecule has 0 aromatic carbocycles. The summed E-state index contributed by atoms with van der Waals surface area (Å²) in [4.78, 5) is 11.9. The summed E-state index contributed by atoms with van der Waals surface area (Å²) in [7, 11) is 0. The van der Waals surface area contributed by atoms with Crippen molar-refractivity contribution in [3.8, 4) is 0 Å². The van der Waals surface area contributed by atoms with Crippen molar-refractivity contribution in [3.63, 3.8) is 0 Å². The van der Waals surface area contributed by atoms with E-state index in [1.165, 1.54) is 0 Å². The lowest BCUT2D eigenvalue weighted by Gasteiger charge is -2.30. The van der Waals surface area contributed by atoms with Crippen LogP contribution in [0.15, 0.2) is 5.16 Å². The molecule has 1 amide bonds. The van der Waals surface area contributed by atoms with E-state index in [2.05, 4.69) is 38.2 Å². The maximum atomic E-state index is 11.9. The molecule has 17 heavy (non-hydrogen) atoms. The highest BCUT2D eigenvalue weighted by Gasteiger charge is 2.26. The zero-order valence-electron chi connectivity index (χ0n) is 11.4. The number of nitrogens with two attached hydrogens (primary N) is 1. The molecule has 0 aliphatic rings. The molecule has 0 radical (unpaired) electrons. The first kappa shape index (κ1) is 15.7. The molecule has 0 saturated heterocycles. The SMILES string of the molecule is CCC(C(=O)NCC(C)(C)C(C)C)C(N)=NO. The number of rotatable bonds is 6. The summed E-state index contributed by atoms with van der Waals surface area (Å²) >= 11 is 0. The first-order valence-electron chi connectivity index (χ1n) is 6.01. The van der Waals surface area contributed by atoms with Crippen LogP contribution in [-0.2, 0) is 4.79 Å². The van der Waals surface area contributed by atoms with Crippen molar-refractivity contribution in [2.75, 3.05) is 6.54 Å². The minimum Gasteiger partial charge on any atom is -0.409 e. The molecule has 0 saturated carbocycles. The molecule has 4 N–H and O–H groups in total. The molecule has 1 unspecified atom stereocenters. The Balaban J connectivity index is 4.45. The Morgan fingerprint density at radius 3 is 2.35 bits per heavy atom. The quantitative estimate of drug-likeness (QED) is 0.286. The lowest BCUT2D eigenvalue weighted by Crippen LogP contribution is -2.43. The molecule has 0 aliphatic carbocycles. The monoisotopic (exact) mass is 243 g/mol. The van der Waals surface area contributed by atoms with Crippen LogP contribution in [0, 0.1) is 17.3 Å². The highest BCUT2D eigenvalue weighted by Crippen LogP contribution is 2.24. The minimum absolute atomic E-state index is 0.0269. The fourth-order valence-corrected chi connectivity index (χ4v) is 1.24. The molecule has 100 valence electrons. The summed E-state index contributed by atoms with van der Waals surface area (Å²) in [5.74, 6) is -0.307. The van der Waals surface area contributed by atoms with E-state index in [0.29, 0.717) is 18.9 Å². The van der Waals surface area contributed by atoms with Crippen molar-refractivity contribution < 1.29 is 10.0 Å². The molecule has 0 spiro atoms. The van der Waals surface area contributed by atoms with Crippen molar-refractivity contribution in [3.05, 3.63) is 0 Å². The van der Waals surface area contributed by atoms with Gasteiger partial charge in [0.15, 0.2) is 5.84 Å². The fraction of sp³-hybridized carbons (Fsp3) is 0.833. The standard InChI is InChI=1S/C12H25N3O2/c1-6-9(10(13)15-17)11(16)14-7-12(4,5)8(2)3/h8-9,17H,6-7H2,1-5H3,(H2,13,15)(H,14,16). The third-order valence-corrected chi connectivity index (χ3v) is 3.48. The largest absolute Gasteiger partial charge is 0.409 e. The summed E-state index contributed by atoms with van der Waals surface area (Å²) in [5.41, 5.74) is 5.49. The molecule has 1 atom stereocenters. The molecular formula is C12H25N3O2. The predicted octanol–water partition coefficient (Wildman–Crippen LogP) is 1.56. The van der Waals surface area contributed by atoms with Crippen LogP contribution < -0.4 is 11.1 Å². The van der Waals surface area contributed by atoms with E-state index < -0.39 is 5.92 Å². The van der Waals surface area contributed by atoms with Crippen molar-refractivity contribution in [2.45, 2.75) is 41.0 Å². The lowest BCUT2D eigenvalue weighted by molar-refractivity contribution is -0.123.